The lowest BCUT2D eigenvalue weighted by molar-refractivity contribution is -0.141. The maximum atomic E-state index is 11.7. The van der Waals surface area contributed by atoms with Crippen LogP contribution in [0.5, 0.6) is 0 Å². The second-order valence-corrected chi connectivity index (χ2v) is 7.22. The summed E-state index contributed by atoms with van der Waals surface area (Å²) in [7, 11) is 0. The van der Waals surface area contributed by atoms with E-state index >= 15 is 0 Å². The molecule has 0 aromatic heterocycles. The van der Waals surface area contributed by atoms with Gasteiger partial charge in [-0.2, -0.15) is 11.8 Å². The Morgan fingerprint density at radius 2 is 1.90 bits per heavy atom. The van der Waals surface area contributed by atoms with Crippen molar-refractivity contribution in [1.82, 2.24) is 15.5 Å². The summed E-state index contributed by atoms with van der Waals surface area (Å²) >= 11 is 1.95. The van der Waals surface area contributed by atoms with E-state index in [-0.39, 0.29) is 0 Å². The third kappa shape index (κ3) is 6.00. The fraction of sp³-hybridized carbons (Fsp3) is 0.846. The van der Waals surface area contributed by atoms with Crippen molar-refractivity contribution >= 4 is 23.8 Å². The predicted octanol–water partition coefficient (Wildman–Crippen LogP) is 0.834. The first-order chi connectivity index (χ1) is 9.30. The highest BCUT2D eigenvalue weighted by molar-refractivity contribution is 7.99. The molecule has 1 fully saturated rings. The van der Waals surface area contributed by atoms with Crippen LogP contribution in [-0.2, 0) is 4.79 Å². The molecule has 1 saturated heterocycles. The van der Waals surface area contributed by atoms with Crippen molar-refractivity contribution in [2.75, 3.05) is 37.7 Å². The van der Waals surface area contributed by atoms with Crippen LogP contribution in [0.3, 0.4) is 0 Å². The molecule has 20 heavy (non-hydrogen) atoms. The Bertz CT molecular complexity index is 338. The zero-order valence-corrected chi connectivity index (χ0v) is 13.3. The summed E-state index contributed by atoms with van der Waals surface area (Å²) in [6, 6.07) is -1.31. The van der Waals surface area contributed by atoms with Gasteiger partial charge >= 0.3 is 12.0 Å². The maximum absolute atomic E-state index is 11.7. The molecule has 0 radical (unpaired) electrons. The fourth-order valence-electron chi connectivity index (χ4n) is 1.98. The van der Waals surface area contributed by atoms with E-state index in [1.54, 1.807) is 20.8 Å². The van der Waals surface area contributed by atoms with Crippen LogP contribution in [0.1, 0.15) is 20.8 Å². The van der Waals surface area contributed by atoms with Gasteiger partial charge in [0.1, 0.15) is 6.04 Å². The quantitative estimate of drug-likeness (QED) is 0.701. The molecule has 0 aromatic rings. The number of thioether (sulfide) groups is 1. The Labute approximate surface area is 124 Å². The first kappa shape index (κ1) is 17.1. The van der Waals surface area contributed by atoms with Crippen molar-refractivity contribution < 1.29 is 14.7 Å². The van der Waals surface area contributed by atoms with E-state index in [4.69, 9.17) is 5.11 Å². The number of carbonyl (C=O) groups excluding carboxylic acids is 1. The highest BCUT2D eigenvalue weighted by Gasteiger charge is 2.32. The molecule has 1 atom stereocenters. The number of amides is 2. The van der Waals surface area contributed by atoms with E-state index in [9.17, 15) is 9.59 Å². The minimum Gasteiger partial charge on any atom is -0.480 e. The van der Waals surface area contributed by atoms with Crippen LogP contribution in [-0.4, -0.2) is 65.7 Å². The molecular weight excluding hydrogens is 278 g/mol. The van der Waals surface area contributed by atoms with Crippen molar-refractivity contribution in [2.24, 2.45) is 5.41 Å². The Morgan fingerprint density at radius 3 is 2.40 bits per heavy atom. The summed E-state index contributed by atoms with van der Waals surface area (Å²) in [5.41, 5.74) is -0.521. The van der Waals surface area contributed by atoms with Crippen LogP contribution in [0.4, 0.5) is 4.79 Å². The molecule has 0 saturated carbocycles. The van der Waals surface area contributed by atoms with E-state index in [1.807, 2.05) is 11.8 Å². The lowest BCUT2D eigenvalue weighted by Crippen LogP contribution is -2.53. The second kappa shape index (κ2) is 7.73. The minimum absolute atomic E-state index is 0.418. The van der Waals surface area contributed by atoms with Gasteiger partial charge in [0.2, 0.25) is 0 Å². The number of urea groups is 1. The lowest BCUT2D eigenvalue weighted by Gasteiger charge is -2.28. The zero-order chi connectivity index (χ0) is 15.2. The summed E-state index contributed by atoms with van der Waals surface area (Å²) in [4.78, 5) is 25.2. The standard InChI is InChI=1S/C13H25N3O3S/c1-13(2,3)10(11(17)18)15-12(19)14-4-5-16-6-8-20-9-7-16/h10H,4-9H2,1-3H3,(H,17,18)(H2,14,15,19)/t10-/m1/s1. The Hall–Kier alpha value is -0.950. The average Bonchev–Trinajstić information content (AvgIpc) is 2.35. The number of carboxylic acids is 1. The molecule has 6 nitrogen and oxygen atoms in total. The molecule has 0 aromatic carbocycles. The van der Waals surface area contributed by atoms with Crippen molar-refractivity contribution in [2.45, 2.75) is 26.8 Å². The monoisotopic (exact) mass is 303 g/mol. The number of hydrogen-bond donors (Lipinski definition) is 3. The number of nitrogens with zero attached hydrogens (tertiary/aromatic N) is 1. The summed E-state index contributed by atoms with van der Waals surface area (Å²) in [5.74, 6) is 1.26. The van der Waals surface area contributed by atoms with Crippen LogP contribution in [0.2, 0.25) is 0 Å². The molecule has 0 aliphatic carbocycles. The molecule has 0 bridgehead atoms. The van der Waals surface area contributed by atoms with Crippen LogP contribution in [0.15, 0.2) is 0 Å². The highest BCUT2D eigenvalue weighted by atomic mass is 32.2. The summed E-state index contributed by atoms with van der Waals surface area (Å²) in [5, 5.41) is 14.4. The third-order valence-electron chi connectivity index (χ3n) is 3.21. The van der Waals surface area contributed by atoms with Crippen molar-refractivity contribution in [3.05, 3.63) is 0 Å². The lowest BCUT2D eigenvalue weighted by atomic mass is 9.87. The van der Waals surface area contributed by atoms with Crippen molar-refractivity contribution in [3.8, 4) is 0 Å². The molecule has 1 heterocycles. The van der Waals surface area contributed by atoms with Crippen molar-refractivity contribution in [1.29, 1.82) is 0 Å². The topological polar surface area (TPSA) is 81.7 Å². The van der Waals surface area contributed by atoms with Crippen LogP contribution >= 0.6 is 11.8 Å². The molecule has 2 amide bonds. The van der Waals surface area contributed by atoms with Gasteiger partial charge in [0.25, 0.3) is 0 Å². The van der Waals surface area contributed by atoms with E-state index in [0.29, 0.717) is 6.54 Å². The molecule has 1 aliphatic heterocycles. The summed E-state index contributed by atoms with van der Waals surface area (Å²) < 4.78 is 0. The van der Waals surface area contributed by atoms with E-state index in [1.165, 1.54) is 0 Å². The van der Waals surface area contributed by atoms with Gasteiger partial charge in [0.15, 0.2) is 0 Å². The second-order valence-electron chi connectivity index (χ2n) is 5.99. The molecule has 3 N–H and O–H groups in total. The van der Waals surface area contributed by atoms with E-state index < -0.39 is 23.5 Å². The SMILES string of the molecule is CC(C)(C)[C@H](NC(=O)NCCN1CCSCC1)C(=O)O. The number of hydrogen-bond acceptors (Lipinski definition) is 4. The number of carbonyl (C=O) groups is 2. The third-order valence-corrected chi connectivity index (χ3v) is 4.15. The van der Waals surface area contributed by atoms with Crippen LogP contribution in [0, 0.1) is 5.41 Å². The maximum Gasteiger partial charge on any atom is 0.326 e. The molecule has 1 aliphatic rings. The van der Waals surface area contributed by atoms with E-state index in [2.05, 4.69) is 15.5 Å². The molecule has 0 unspecified atom stereocenters. The Morgan fingerprint density at radius 1 is 1.30 bits per heavy atom. The van der Waals surface area contributed by atoms with Gasteiger partial charge in [0, 0.05) is 37.7 Å². The number of nitrogens with one attached hydrogen (secondary N) is 2. The van der Waals surface area contributed by atoms with Gasteiger partial charge in [-0.3, -0.25) is 4.90 Å². The minimum atomic E-state index is -1.01. The fourth-order valence-corrected chi connectivity index (χ4v) is 2.96. The molecule has 7 heteroatoms. The van der Waals surface area contributed by atoms with Gasteiger partial charge in [-0.15, -0.1) is 0 Å². The van der Waals surface area contributed by atoms with Gasteiger partial charge in [-0.25, -0.2) is 9.59 Å². The average molecular weight is 303 g/mol. The first-order valence-corrected chi connectivity index (χ1v) is 8.03. The molecule has 116 valence electrons. The molecule has 1 rings (SSSR count). The number of aliphatic carboxylic acids is 1. The van der Waals surface area contributed by atoms with Crippen molar-refractivity contribution in [3.63, 3.8) is 0 Å². The Kier molecular flexibility index (Phi) is 6.61. The van der Waals surface area contributed by atoms with Crippen LogP contribution in [0.25, 0.3) is 0 Å². The van der Waals surface area contributed by atoms with Gasteiger partial charge in [-0.1, -0.05) is 20.8 Å². The largest absolute Gasteiger partial charge is 0.480 e. The number of carboxylic acid groups (broad SMARTS) is 1. The molecular formula is C13H25N3O3S. The summed E-state index contributed by atoms with van der Waals surface area (Å²) in [6.07, 6.45) is 0. The normalized spacial score (nSPS) is 18.4. The predicted molar refractivity (Wildman–Crippen MR) is 81.2 cm³/mol. The zero-order valence-electron chi connectivity index (χ0n) is 12.4. The van der Waals surface area contributed by atoms with Gasteiger partial charge in [0.05, 0.1) is 0 Å². The summed E-state index contributed by atoms with van der Waals surface area (Å²) in [6.45, 7) is 8.81. The molecule has 0 spiro atoms. The smallest absolute Gasteiger partial charge is 0.326 e. The number of rotatable bonds is 5. The first-order valence-electron chi connectivity index (χ1n) is 6.88. The van der Waals surface area contributed by atoms with Gasteiger partial charge < -0.3 is 15.7 Å². The Balaban J connectivity index is 2.29. The van der Waals surface area contributed by atoms with Gasteiger partial charge in [-0.05, 0) is 5.41 Å². The van der Waals surface area contributed by atoms with E-state index in [0.717, 1.165) is 31.1 Å². The highest BCUT2D eigenvalue weighted by Crippen LogP contribution is 2.19. The van der Waals surface area contributed by atoms with Crippen LogP contribution < -0.4 is 10.6 Å².